The summed E-state index contributed by atoms with van der Waals surface area (Å²) in [5.41, 5.74) is 2.45. The molecular formula is C8H9N5. The van der Waals surface area contributed by atoms with E-state index in [1.807, 2.05) is 24.3 Å². The zero-order valence-corrected chi connectivity index (χ0v) is 6.86. The van der Waals surface area contributed by atoms with Gasteiger partial charge in [0.05, 0.1) is 0 Å². The van der Waals surface area contributed by atoms with E-state index in [9.17, 15) is 0 Å². The molecule has 0 saturated heterocycles. The first-order valence-electron chi connectivity index (χ1n) is 3.79. The zero-order valence-electron chi connectivity index (χ0n) is 6.86. The van der Waals surface area contributed by atoms with Crippen molar-refractivity contribution in [1.82, 2.24) is 0 Å². The molecule has 5 heteroatoms. The van der Waals surface area contributed by atoms with Crippen LogP contribution < -0.4 is 17.0 Å². The number of hydrazone groups is 2. The van der Waals surface area contributed by atoms with Crippen molar-refractivity contribution in [1.29, 1.82) is 0 Å². The molecule has 1 heterocycles. The van der Waals surface area contributed by atoms with Crippen molar-refractivity contribution in [2.45, 2.75) is 0 Å². The number of nitrogens with two attached hydrogens (primary N) is 2. The summed E-state index contributed by atoms with van der Waals surface area (Å²) >= 11 is 0. The monoisotopic (exact) mass is 175 g/mol. The van der Waals surface area contributed by atoms with Crippen molar-refractivity contribution in [3.63, 3.8) is 0 Å². The van der Waals surface area contributed by atoms with E-state index in [0.29, 0.717) is 11.5 Å². The molecule has 0 aromatic heterocycles. The lowest BCUT2D eigenvalue weighted by molar-refractivity contribution is 1.23. The van der Waals surface area contributed by atoms with Crippen LogP contribution in [-0.2, 0) is 0 Å². The van der Waals surface area contributed by atoms with Crippen LogP contribution in [0.5, 0.6) is 0 Å². The van der Waals surface area contributed by atoms with Crippen molar-refractivity contribution in [2.24, 2.45) is 21.9 Å². The minimum Gasteiger partial charge on any atom is -0.336 e. The van der Waals surface area contributed by atoms with Gasteiger partial charge in [0.15, 0.2) is 5.84 Å². The van der Waals surface area contributed by atoms with E-state index in [2.05, 4.69) is 15.5 Å². The van der Waals surface area contributed by atoms with Crippen molar-refractivity contribution in [2.75, 3.05) is 5.32 Å². The number of nitrogens with zero attached hydrogens (tertiary/aromatic N) is 2. The van der Waals surface area contributed by atoms with E-state index in [4.69, 9.17) is 11.7 Å². The number of benzene rings is 1. The fourth-order valence-corrected chi connectivity index (χ4v) is 1.34. The van der Waals surface area contributed by atoms with E-state index in [-0.39, 0.29) is 0 Å². The van der Waals surface area contributed by atoms with Gasteiger partial charge < -0.3 is 17.0 Å². The largest absolute Gasteiger partial charge is 0.336 e. The highest BCUT2D eigenvalue weighted by Gasteiger charge is 2.22. The molecule has 66 valence electrons. The summed E-state index contributed by atoms with van der Waals surface area (Å²) in [5, 5.41) is 10.2. The number of fused-ring (bicyclic) bond motifs is 1. The standard InChI is InChI=1S/C8H9N5/c9-12-7-5-3-1-2-4-6(5)11-8(7)13-10/h1-4H,9-10H2,(H,11,12,13). The molecule has 2 rings (SSSR count). The van der Waals surface area contributed by atoms with Gasteiger partial charge in [-0.3, -0.25) is 0 Å². The quantitative estimate of drug-likeness (QED) is 0.384. The van der Waals surface area contributed by atoms with Gasteiger partial charge in [-0.1, -0.05) is 18.2 Å². The highest BCUT2D eigenvalue weighted by atomic mass is 15.2. The molecule has 1 aromatic rings. The Kier molecular flexibility index (Phi) is 1.63. The molecule has 5 N–H and O–H groups in total. The molecule has 0 amide bonds. The molecule has 0 bridgehead atoms. The third-order valence-electron chi connectivity index (χ3n) is 1.92. The lowest BCUT2D eigenvalue weighted by atomic mass is 10.1. The van der Waals surface area contributed by atoms with Crippen LogP contribution in [-0.4, -0.2) is 11.5 Å². The number of nitrogens with one attached hydrogen (secondary N) is 1. The van der Waals surface area contributed by atoms with E-state index in [1.165, 1.54) is 0 Å². The third kappa shape index (κ3) is 1.01. The van der Waals surface area contributed by atoms with Gasteiger partial charge in [-0.2, -0.15) is 10.2 Å². The lowest BCUT2D eigenvalue weighted by Crippen LogP contribution is -2.18. The van der Waals surface area contributed by atoms with E-state index in [0.717, 1.165) is 11.3 Å². The van der Waals surface area contributed by atoms with Gasteiger partial charge in [-0.25, -0.2) is 0 Å². The molecule has 0 atom stereocenters. The van der Waals surface area contributed by atoms with E-state index >= 15 is 0 Å². The fraction of sp³-hybridized carbons (Fsp3) is 0. The van der Waals surface area contributed by atoms with Gasteiger partial charge in [-0.05, 0) is 6.07 Å². The molecule has 1 aliphatic rings. The summed E-state index contributed by atoms with van der Waals surface area (Å²) in [6.07, 6.45) is 0. The topological polar surface area (TPSA) is 88.8 Å². The van der Waals surface area contributed by atoms with Gasteiger partial charge in [0, 0.05) is 11.3 Å². The average molecular weight is 175 g/mol. The summed E-state index contributed by atoms with van der Waals surface area (Å²) in [6, 6.07) is 7.65. The van der Waals surface area contributed by atoms with Crippen molar-refractivity contribution < 1.29 is 0 Å². The maximum Gasteiger partial charge on any atom is 0.178 e. The Morgan fingerprint density at radius 3 is 2.54 bits per heavy atom. The average Bonchev–Trinajstić information content (AvgIpc) is 2.55. The predicted octanol–water partition coefficient (Wildman–Crippen LogP) is 0.0471. The second-order valence-electron chi connectivity index (χ2n) is 2.63. The molecular weight excluding hydrogens is 166 g/mol. The SMILES string of the molecule is NN=C1Nc2ccccc2C1=NN. The molecule has 0 radical (unpaired) electrons. The van der Waals surface area contributed by atoms with Gasteiger partial charge in [0.25, 0.3) is 0 Å². The van der Waals surface area contributed by atoms with Crippen LogP contribution in [0.3, 0.4) is 0 Å². The summed E-state index contributed by atoms with van der Waals surface area (Å²) in [7, 11) is 0. The Morgan fingerprint density at radius 2 is 1.85 bits per heavy atom. The predicted molar refractivity (Wildman–Crippen MR) is 52.4 cm³/mol. The van der Waals surface area contributed by atoms with Gasteiger partial charge >= 0.3 is 0 Å². The molecule has 0 saturated carbocycles. The van der Waals surface area contributed by atoms with E-state index in [1.54, 1.807) is 0 Å². The van der Waals surface area contributed by atoms with Crippen LogP contribution in [0.2, 0.25) is 0 Å². The summed E-state index contributed by atoms with van der Waals surface area (Å²) in [5.74, 6) is 10.9. The van der Waals surface area contributed by atoms with Crippen molar-refractivity contribution >= 4 is 17.2 Å². The van der Waals surface area contributed by atoms with Gasteiger partial charge in [0.1, 0.15) is 5.71 Å². The maximum atomic E-state index is 5.23. The Bertz CT molecular complexity index is 393. The summed E-state index contributed by atoms with van der Waals surface area (Å²) < 4.78 is 0. The number of rotatable bonds is 0. The van der Waals surface area contributed by atoms with Crippen LogP contribution in [0.4, 0.5) is 5.69 Å². The molecule has 1 aromatic carbocycles. The Balaban J connectivity index is 2.59. The molecule has 13 heavy (non-hydrogen) atoms. The molecule has 0 fully saturated rings. The van der Waals surface area contributed by atoms with Crippen LogP contribution in [0, 0.1) is 0 Å². The van der Waals surface area contributed by atoms with Crippen LogP contribution in [0.1, 0.15) is 5.56 Å². The number of para-hydroxylation sites is 1. The molecule has 0 unspecified atom stereocenters. The zero-order chi connectivity index (χ0) is 9.26. The van der Waals surface area contributed by atoms with Gasteiger partial charge in [0.2, 0.25) is 0 Å². The highest BCUT2D eigenvalue weighted by Crippen LogP contribution is 2.22. The molecule has 0 spiro atoms. The Hall–Kier alpha value is -2.04. The number of amidine groups is 1. The minimum atomic E-state index is 0.503. The second kappa shape index (κ2) is 2.78. The van der Waals surface area contributed by atoms with Crippen molar-refractivity contribution in [3.8, 4) is 0 Å². The Morgan fingerprint density at radius 1 is 1.08 bits per heavy atom. The van der Waals surface area contributed by atoms with E-state index < -0.39 is 0 Å². The lowest BCUT2D eigenvalue weighted by Gasteiger charge is -1.93. The number of anilines is 1. The summed E-state index contributed by atoms with van der Waals surface area (Å²) in [6.45, 7) is 0. The molecule has 1 aliphatic heterocycles. The second-order valence-corrected chi connectivity index (χ2v) is 2.63. The summed E-state index contributed by atoms with van der Waals surface area (Å²) in [4.78, 5) is 0. The minimum absolute atomic E-state index is 0.503. The van der Waals surface area contributed by atoms with Crippen LogP contribution in [0.15, 0.2) is 34.5 Å². The fourth-order valence-electron chi connectivity index (χ4n) is 1.34. The number of hydrogen-bond donors (Lipinski definition) is 3. The highest BCUT2D eigenvalue weighted by molar-refractivity contribution is 6.55. The van der Waals surface area contributed by atoms with Crippen molar-refractivity contribution in [3.05, 3.63) is 29.8 Å². The molecule has 5 nitrogen and oxygen atoms in total. The molecule has 0 aliphatic carbocycles. The first kappa shape index (κ1) is 7.60. The normalized spacial score (nSPS) is 20.3. The van der Waals surface area contributed by atoms with Gasteiger partial charge in [-0.15, -0.1) is 0 Å². The smallest absolute Gasteiger partial charge is 0.178 e. The Labute approximate surface area is 75.1 Å². The maximum absolute atomic E-state index is 5.23. The third-order valence-corrected chi connectivity index (χ3v) is 1.92. The first-order chi connectivity index (χ1) is 6.36. The first-order valence-corrected chi connectivity index (χ1v) is 3.79. The van der Waals surface area contributed by atoms with Crippen LogP contribution in [0.25, 0.3) is 0 Å². The number of hydrogen-bond acceptors (Lipinski definition) is 4. The van der Waals surface area contributed by atoms with Crippen LogP contribution >= 0.6 is 0 Å².